The van der Waals surface area contributed by atoms with Crippen LogP contribution in [0, 0.1) is 12.7 Å². The van der Waals surface area contributed by atoms with Gasteiger partial charge < -0.3 is 5.11 Å². The van der Waals surface area contributed by atoms with E-state index in [-0.39, 0.29) is 11.9 Å². The van der Waals surface area contributed by atoms with E-state index in [9.17, 15) is 9.50 Å². The Bertz CT molecular complexity index is 399. The van der Waals surface area contributed by atoms with Crippen molar-refractivity contribution in [1.29, 1.82) is 0 Å². The maximum absolute atomic E-state index is 13.2. The normalized spacial score (nSPS) is 23.6. The van der Waals surface area contributed by atoms with Gasteiger partial charge >= 0.3 is 0 Å². The van der Waals surface area contributed by atoms with Crippen molar-refractivity contribution in [3.63, 3.8) is 0 Å². The van der Waals surface area contributed by atoms with Crippen LogP contribution in [0.5, 0.6) is 0 Å². The maximum Gasteiger partial charge on any atom is 0.126 e. The zero-order valence-corrected chi connectivity index (χ0v) is 11.0. The Balaban J connectivity index is 2.17. The van der Waals surface area contributed by atoms with Gasteiger partial charge in [-0.2, -0.15) is 11.8 Å². The molecule has 2 rings (SSSR count). The maximum atomic E-state index is 13.2. The van der Waals surface area contributed by atoms with Gasteiger partial charge in [-0.3, -0.25) is 4.90 Å². The van der Waals surface area contributed by atoms with Gasteiger partial charge in [-0.1, -0.05) is 12.1 Å². The minimum Gasteiger partial charge on any atom is -0.387 e. The summed E-state index contributed by atoms with van der Waals surface area (Å²) >= 11 is 1.86. The fourth-order valence-electron chi connectivity index (χ4n) is 2.11. The highest BCUT2D eigenvalue weighted by molar-refractivity contribution is 7.99. The zero-order valence-electron chi connectivity index (χ0n) is 10.2. The molecule has 1 fully saturated rings. The summed E-state index contributed by atoms with van der Waals surface area (Å²) in [6.07, 6.45) is -0.535. The van der Waals surface area contributed by atoms with Crippen LogP contribution in [0.1, 0.15) is 17.2 Å². The highest BCUT2D eigenvalue weighted by Gasteiger charge is 2.27. The number of thioether (sulfide) groups is 1. The van der Waals surface area contributed by atoms with Crippen molar-refractivity contribution >= 4 is 11.8 Å². The van der Waals surface area contributed by atoms with Crippen LogP contribution in [0.2, 0.25) is 0 Å². The Morgan fingerprint density at radius 2 is 2.29 bits per heavy atom. The van der Waals surface area contributed by atoms with Crippen LogP contribution >= 0.6 is 11.8 Å². The summed E-state index contributed by atoms with van der Waals surface area (Å²) in [5, 5.41) is 10.4. The molecule has 94 valence electrons. The van der Waals surface area contributed by atoms with Crippen LogP contribution in [0.4, 0.5) is 4.39 Å². The molecule has 0 saturated carbocycles. The number of aryl methyl sites for hydroxylation is 1. The highest BCUT2D eigenvalue weighted by atomic mass is 32.2. The molecule has 2 atom stereocenters. The van der Waals surface area contributed by atoms with Crippen molar-refractivity contribution in [3.8, 4) is 0 Å². The second-order valence-corrected chi connectivity index (χ2v) is 5.73. The number of likely N-dealkylation sites (N-methyl/N-ethyl adjacent to an activating group) is 1. The number of aliphatic hydroxyl groups is 1. The molecular formula is C13H18FNOS. The molecule has 0 aliphatic carbocycles. The Hall–Kier alpha value is -0.580. The van der Waals surface area contributed by atoms with Gasteiger partial charge in [-0.25, -0.2) is 4.39 Å². The summed E-state index contributed by atoms with van der Waals surface area (Å²) in [6.45, 7) is 2.72. The molecule has 1 aliphatic heterocycles. The fourth-order valence-corrected chi connectivity index (χ4v) is 3.37. The van der Waals surface area contributed by atoms with Crippen LogP contribution < -0.4 is 0 Å². The highest BCUT2D eigenvalue weighted by Crippen LogP contribution is 2.27. The van der Waals surface area contributed by atoms with Crippen LogP contribution in [-0.2, 0) is 0 Å². The van der Waals surface area contributed by atoms with Crippen molar-refractivity contribution in [1.82, 2.24) is 4.90 Å². The van der Waals surface area contributed by atoms with E-state index in [4.69, 9.17) is 0 Å². The van der Waals surface area contributed by atoms with E-state index < -0.39 is 6.10 Å². The predicted octanol–water partition coefficient (Wildman–Crippen LogP) is 2.21. The van der Waals surface area contributed by atoms with Crippen molar-refractivity contribution in [2.75, 3.05) is 25.1 Å². The number of aliphatic hydroxyl groups excluding tert-OH is 1. The Morgan fingerprint density at radius 1 is 1.53 bits per heavy atom. The Kier molecular flexibility index (Phi) is 4.07. The van der Waals surface area contributed by atoms with Gasteiger partial charge in [-0.15, -0.1) is 0 Å². The number of hydrogen-bond acceptors (Lipinski definition) is 3. The zero-order chi connectivity index (χ0) is 12.4. The first-order chi connectivity index (χ1) is 8.09. The van der Waals surface area contributed by atoms with Gasteiger partial charge in [-0.05, 0) is 31.2 Å². The number of nitrogens with zero attached hydrogens (tertiary/aromatic N) is 1. The van der Waals surface area contributed by atoms with Crippen LogP contribution in [0.15, 0.2) is 18.2 Å². The number of benzene rings is 1. The number of hydrogen-bond donors (Lipinski definition) is 1. The monoisotopic (exact) mass is 255 g/mol. The van der Waals surface area contributed by atoms with Crippen LogP contribution in [0.25, 0.3) is 0 Å². The average Bonchev–Trinajstić information content (AvgIpc) is 2.32. The summed E-state index contributed by atoms with van der Waals surface area (Å²) in [6, 6.07) is 4.98. The van der Waals surface area contributed by atoms with Crippen molar-refractivity contribution in [2.45, 2.75) is 19.1 Å². The van der Waals surface area contributed by atoms with E-state index in [0.29, 0.717) is 5.56 Å². The molecule has 4 heteroatoms. The third-order valence-corrected chi connectivity index (χ3v) is 4.38. The van der Waals surface area contributed by atoms with E-state index in [1.54, 1.807) is 19.1 Å². The molecule has 0 spiro atoms. The molecule has 0 radical (unpaired) electrons. The summed E-state index contributed by atoms with van der Waals surface area (Å²) in [7, 11) is 2.03. The van der Waals surface area contributed by atoms with Crippen LogP contribution in [-0.4, -0.2) is 41.1 Å². The molecule has 0 aromatic heterocycles. The van der Waals surface area contributed by atoms with Crippen LogP contribution in [0.3, 0.4) is 0 Å². The lowest BCUT2D eigenvalue weighted by molar-refractivity contribution is 0.0758. The van der Waals surface area contributed by atoms with Gasteiger partial charge in [0.2, 0.25) is 0 Å². The molecule has 2 unspecified atom stereocenters. The fraction of sp³-hybridized carbons (Fsp3) is 0.538. The molecule has 0 amide bonds. The molecule has 1 heterocycles. The number of halogens is 1. The molecule has 0 bridgehead atoms. The topological polar surface area (TPSA) is 23.5 Å². The molecule has 2 nitrogen and oxygen atoms in total. The minimum atomic E-state index is -0.535. The van der Waals surface area contributed by atoms with Gasteiger partial charge in [0.05, 0.1) is 6.10 Å². The van der Waals surface area contributed by atoms with Gasteiger partial charge in [0.15, 0.2) is 0 Å². The third kappa shape index (κ3) is 2.81. The first-order valence-corrected chi connectivity index (χ1v) is 6.97. The first kappa shape index (κ1) is 12.9. The van der Waals surface area contributed by atoms with E-state index >= 15 is 0 Å². The molecule has 1 aromatic rings. The standard InChI is InChI=1S/C13H18FNOS/c1-9-7-10(3-4-11(9)14)13(16)12-8-17-6-5-15(12)2/h3-4,7,12-13,16H,5-6,8H2,1-2H3. The second-order valence-electron chi connectivity index (χ2n) is 4.58. The lowest BCUT2D eigenvalue weighted by Crippen LogP contribution is -2.43. The summed E-state index contributed by atoms with van der Waals surface area (Å²) in [4.78, 5) is 2.18. The summed E-state index contributed by atoms with van der Waals surface area (Å²) < 4.78 is 13.2. The number of rotatable bonds is 2. The van der Waals surface area contributed by atoms with Gasteiger partial charge in [0, 0.05) is 24.1 Å². The second kappa shape index (κ2) is 5.38. The molecule has 1 saturated heterocycles. The lowest BCUT2D eigenvalue weighted by atomic mass is 10.0. The van der Waals surface area contributed by atoms with Gasteiger partial charge in [0.25, 0.3) is 0 Å². The molecule has 1 aliphatic rings. The summed E-state index contributed by atoms with van der Waals surface area (Å²) in [5.41, 5.74) is 1.40. The van der Waals surface area contributed by atoms with E-state index in [1.165, 1.54) is 6.07 Å². The van der Waals surface area contributed by atoms with Crippen molar-refractivity contribution in [3.05, 3.63) is 35.1 Å². The smallest absolute Gasteiger partial charge is 0.126 e. The van der Waals surface area contributed by atoms with E-state index in [1.807, 2.05) is 18.8 Å². The van der Waals surface area contributed by atoms with Crippen molar-refractivity contribution in [2.24, 2.45) is 0 Å². The lowest BCUT2D eigenvalue weighted by Gasteiger charge is -2.35. The third-order valence-electron chi connectivity index (χ3n) is 3.33. The molecule has 17 heavy (non-hydrogen) atoms. The quantitative estimate of drug-likeness (QED) is 0.876. The molecular weight excluding hydrogens is 237 g/mol. The summed E-state index contributed by atoms with van der Waals surface area (Å²) in [5.74, 6) is 1.82. The Labute approximate surface area is 106 Å². The first-order valence-electron chi connectivity index (χ1n) is 5.81. The molecule has 1 N–H and O–H groups in total. The predicted molar refractivity (Wildman–Crippen MR) is 69.8 cm³/mol. The average molecular weight is 255 g/mol. The van der Waals surface area contributed by atoms with Crippen molar-refractivity contribution < 1.29 is 9.50 Å². The largest absolute Gasteiger partial charge is 0.387 e. The van der Waals surface area contributed by atoms with Gasteiger partial charge in [0.1, 0.15) is 5.82 Å². The Morgan fingerprint density at radius 3 is 2.94 bits per heavy atom. The molecule has 1 aromatic carbocycles. The van der Waals surface area contributed by atoms with E-state index in [2.05, 4.69) is 4.90 Å². The van der Waals surface area contributed by atoms with E-state index in [0.717, 1.165) is 23.6 Å². The minimum absolute atomic E-state index is 0.124. The SMILES string of the molecule is Cc1cc(C(O)C2CSCCN2C)ccc1F.